The van der Waals surface area contributed by atoms with Crippen molar-refractivity contribution < 1.29 is 4.74 Å². The lowest BCUT2D eigenvalue weighted by molar-refractivity contribution is 0.418. The van der Waals surface area contributed by atoms with E-state index < -0.39 is 0 Å². The third-order valence-electron chi connectivity index (χ3n) is 2.31. The molecule has 0 unspecified atom stereocenters. The molecule has 4 nitrogen and oxygen atoms in total. The number of aromatic nitrogens is 2. The standard InChI is InChI=1S/C12H13N3O/c1-8-6-15-11(7-14-8)9-4-3-5-10(13)12(9)16-2/h3-7H,13H2,1-2H3. The van der Waals surface area contributed by atoms with Gasteiger partial charge >= 0.3 is 0 Å². The van der Waals surface area contributed by atoms with Gasteiger partial charge in [0.1, 0.15) is 0 Å². The highest BCUT2D eigenvalue weighted by molar-refractivity contribution is 5.74. The normalized spacial score (nSPS) is 10.1. The fraction of sp³-hybridized carbons (Fsp3) is 0.167. The van der Waals surface area contributed by atoms with Crippen molar-refractivity contribution in [1.82, 2.24) is 9.97 Å². The van der Waals surface area contributed by atoms with Crippen molar-refractivity contribution in [1.29, 1.82) is 0 Å². The van der Waals surface area contributed by atoms with Crippen LogP contribution in [0, 0.1) is 6.92 Å². The number of anilines is 1. The molecule has 1 aromatic carbocycles. The highest BCUT2D eigenvalue weighted by atomic mass is 16.5. The molecule has 0 saturated carbocycles. The van der Waals surface area contributed by atoms with Gasteiger partial charge in [-0.1, -0.05) is 6.07 Å². The van der Waals surface area contributed by atoms with Gasteiger partial charge in [0.2, 0.25) is 0 Å². The number of nitrogens with two attached hydrogens (primary N) is 1. The number of hydrogen-bond acceptors (Lipinski definition) is 4. The van der Waals surface area contributed by atoms with Crippen molar-refractivity contribution in [3.8, 4) is 17.0 Å². The van der Waals surface area contributed by atoms with Crippen molar-refractivity contribution >= 4 is 5.69 Å². The molecule has 0 radical (unpaired) electrons. The van der Waals surface area contributed by atoms with Crippen molar-refractivity contribution in [3.05, 3.63) is 36.3 Å². The molecule has 0 fully saturated rings. The van der Waals surface area contributed by atoms with Crippen LogP contribution in [-0.4, -0.2) is 17.1 Å². The lowest BCUT2D eigenvalue weighted by atomic mass is 10.1. The Hall–Kier alpha value is -2.10. The molecule has 0 aliphatic rings. The summed E-state index contributed by atoms with van der Waals surface area (Å²) in [7, 11) is 1.59. The molecular weight excluding hydrogens is 202 g/mol. The van der Waals surface area contributed by atoms with Crippen LogP contribution in [0.1, 0.15) is 5.69 Å². The fourth-order valence-corrected chi connectivity index (χ4v) is 1.52. The first-order valence-corrected chi connectivity index (χ1v) is 4.94. The molecule has 2 rings (SSSR count). The first-order chi connectivity index (χ1) is 7.72. The van der Waals surface area contributed by atoms with Gasteiger partial charge in [-0.05, 0) is 19.1 Å². The number of nitrogen functional groups attached to an aromatic ring is 1. The maximum Gasteiger partial charge on any atom is 0.151 e. The van der Waals surface area contributed by atoms with Crippen LogP contribution >= 0.6 is 0 Å². The Labute approximate surface area is 94.1 Å². The quantitative estimate of drug-likeness (QED) is 0.779. The zero-order valence-electron chi connectivity index (χ0n) is 9.27. The minimum absolute atomic E-state index is 0.599. The van der Waals surface area contributed by atoms with Crippen LogP contribution in [0.25, 0.3) is 11.3 Å². The number of hydrogen-bond donors (Lipinski definition) is 1. The zero-order valence-corrected chi connectivity index (χ0v) is 9.27. The van der Waals surface area contributed by atoms with E-state index in [0.29, 0.717) is 11.4 Å². The molecule has 16 heavy (non-hydrogen) atoms. The second-order valence-corrected chi connectivity index (χ2v) is 3.47. The Kier molecular flexibility index (Phi) is 2.72. The summed E-state index contributed by atoms with van der Waals surface area (Å²) in [5.74, 6) is 0.639. The van der Waals surface area contributed by atoms with E-state index in [4.69, 9.17) is 10.5 Å². The van der Waals surface area contributed by atoms with Crippen molar-refractivity contribution in [2.75, 3.05) is 12.8 Å². The second kappa shape index (κ2) is 4.18. The smallest absolute Gasteiger partial charge is 0.151 e. The van der Waals surface area contributed by atoms with Crippen LogP contribution in [0.3, 0.4) is 0 Å². The number of rotatable bonds is 2. The van der Waals surface area contributed by atoms with Crippen LogP contribution in [0.15, 0.2) is 30.6 Å². The van der Waals surface area contributed by atoms with E-state index in [-0.39, 0.29) is 0 Å². The second-order valence-electron chi connectivity index (χ2n) is 3.47. The average molecular weight is 215 g/mol. The third kappa shape index (κ3) is 1.82. The Morgan fingerprint density at radius 3 is 2.62 bits per heavy atom. The maximum atomic E-state index is 5.83. The van der Waals surface area contributed by atoms with Gasteiger partial charge in [0.25, 0.3) is 0 Å². The summed E-state index contributed by atoms with van der Waals surface area (Å²) in [6.45, 7) is 1.90. The molecule has 82 valence electrons. The van der Waals surface area contributed by atoms with E-state index in [9.17, 15) is 0 Å². The van der Waals surface area contributed by atoms with Crippen molar-refractivity contribution in [2.24, 2.45) is 0 Å². The molecule has 0 amide bonds. The lowest BCUT2D eigenvalue weighted by Crippen LogP contribution is -1.96. The molecule has 1 aromatic heterocycles. The highest BCUT2D eigenvalue weighted by Crippen LogP contribution is 2.32. The molecule has 1 heterocycles. The topological polar surface area (TPSA) is 61.0 Å². The van der Waals surface area contributed by atoms with Gasteiger partial charge in [-0.15, -0.1) is 0 Å². The minimum Gasteiger partial charge on any atom is -0.494 e. The minimum atomic E-state index is 0.599. The van der Waals surface area contributed by atoms with Gasteiger partial charge in [0.15, 0.2) is 5.75 Å². The van der Waals surface area contributed by atoms with Gasteiger partial charge in [0.05, 0.1) is 30.4 Å². The van der Waals surface area contributed by atoms with E-state index in [1.165, 1.54) is 0 Å². The van der Waals surface area contributed by atoms with Gasteiger partial charge < -0.3 is 10.5 Å². The first-order valence-electron chi connectivity index (χ1n) is 4.94. The SMILES string of the molecule is COc1c(N)cccc1-c1cnc(C)cn1. The molecule has 0 saturated heterocycles. The Morgan fingerprint density at radius 2 is 2.00 bits per heavy atom. The average Bonchev–Trinajstić information content (AvgIpc) is 2.30. The summed E-state index contributed by atoms with van der Waals surface area (Å²) in [5, 5.41) is 0. The molecule has 4 heteroatoms. The van der Waals surface area contributed by atoms with E-state index in [1.54, 1.807) is 25.6 Å². The highest BCUT2D eigenvalue weighted by Gasteiger charge is 2.09. The third-order valence-corrected chi connectivity index (χ3v) is 2.31. The van der Waals surface area contributed by atoms with Crippen LogP contribution < -0.4 is 10.5 Å². The molecule has 0 aliphatic heterocycles. The number of benzene rings is 1. The fourth-order valence-electron chi connectivity index (χ4n) is 1.52. The summed E-state index contributed by atoms with van der Waals surface area (Å²) in [4.78, 5) is 8.50. The van der Waals surface area contributed by atoms with Gasteiger partial charge in [-0.2, -0.15) is 0 Å². The summed E-state index contributed by atoms with van der Waals surface area (Å²) >= 11 is 0. The largest absolute Gasteiger partial charge is 0.494 e. The van der Waals surface area contributed by atoms with E-state index in [0.717, 1.165) is 17.0 Å². The Balaban J connectivity index is 2.55. The van der Waals surface area contributed by atoms with Crippen molar-refractivity contribution in [2.45, 2.75) is 6.92 Å². The van der Waals surface area contributed by atoms with E-state index in [1.807, 2.05) is 19.1 Å². The number of aryl methyl sites for hydroxylation is 1. The van der Waals surface area contributed by atoms with Gasteiger partial charge in [-0.3, -0.25) is 9.97 Å². The Bertz CT molecular complexity index is 494. The first kappa shape index (κ1) is 10.4. The van der Waals surface area contributed by atoms with Gasteiger partial charge in [-0.25, -0.2) is 0 Å². The summed E-state index contributed by atoms with van der Waals surface area (Å²) in [5.41, 5.74) is 8.92. The number of para-hydroxylation sites is 1. The summed E-state index contributed by atoms with van der Waals surface area (Å²) < 4.78 is 5.27. The number of ether oxygens (including phenoxy) is 1. The zero-order chi connectivity index (χ0) is 11.5. The molecular formula is C12H13N3O. The van der Waals surface area contributed by atoms with E-state index >= 15 is 0 Å². The summed E-state index contributed by atoms with van der Waals surface area (Å²) in [6.07, 6.45) is 3.44. The summed E-state index contributed by atoms with van der Waals surface area (Å²) in [6, 6.07) is 5.58. The van der Waals surface area contributed by atoms with Gasteiger partial charge in [0, 0.05) is 11.8 Å². The molecule has 0 spiro atoms. The molecule has 2 aromatic rings. The monoisotopic (exact) mass is 215 g/mol. The van der Waals surface area contributed by atoms with Crippen molar-refractivity contribution in [3.63, 3.8) is 0 Å². The predicted octanol–water partition coefficient (Wildman–Crippen LogP) is 2.04. The van der Waals surface area contributed by atoms with E-state index in [2.05, 4.69) is 9.97 Å². The maximum absolute atomic E-state index is 5.83. The molecule has 0 aliphatic carbocycles. The number of methoxy groups -OCH3 is 1. The Morgan fingerprint density at radius 1 is 1.19 bits per heavy atom. The lowest BCUT2D eigenvalue weighted by Gasteiger charge is -2.09. The van der Waals surface area contributed by atoms with Crippen LogP contribution in [0.5, 0.6) is 5.75 Å². The predicted molar refractivity (Wildman–Crippen MR) is 63.2 cm³/mol. The molecule has 2 N–H and O–H groups in total. The van der Waals surface area contributed by atoms with Crippen LogP contribution in [-0.2, 0) is 0 Å². The van der Waals surface area contributed by atoms with Crippen LogP contribution in [0.2, 0.25) is 0 Å². The number of nitrogens with zero attached hydrogens (tertiary/aromatic N) is 2. The molecule has 0 atom stereocenters. The van der Waals surface area contributed by atoms with Crippen LogP contribution in [0.4, 0.5) is 5.69 Å². The molecule has 0 bridgehead atoms.